The molecule has 0 radical (unpaired) electrons. The van der Waals surface area contributed by atoms with Crippen LogP contribution >= 0.6 is 0 Å². The van der Waals surface area contributed by atoms with E-state index in [1.807, 2.05) is 0 Å². The van der Waals surface area contributed by atoms with Gasteiger partial charge in [-0.05, 0) is 6.92 Å². The number of aromatic nitrogens is 7. The molecule has 5 heterocycles. The minimum absolute atomic E-state index is 0.0630. The second-order valence-corrected chi connectivity index (χ2v) is 10.6. The van der Waals surface area contributed by atoms with E-state index < -0.39 is 40.1 Å². The van der Waals surface area contributed by atoms with Crippen molar-refractivity contribution in [3.8, 4) is 22.6 Å². The summed E-state index contributed by atoms with van der Waals surface area (Å²) in [7, 11) is -3.79. The van der Waals surface area contributed by atoms with Crippen molar-refractivity contribution in [2.24, 2.45) is 7.05 Å². The zero-order valence-electron chi connectivity index (χ0n) is 19.6. The Morgan fingerprint density at radius 2 is 1.89 bits per heavy atom. The second-order valence-electron chi connectivity index (χ2n) is 8.62. The number of esters is 1. The molecule has 1 fully saturated rings. The largest absolute Gasteiger partial charge is 0.511 e. The number of aryl methyl sites for hydroxylation is 1. The molecule has 0 bridgehead atoms. The van der Waals surface area contributed by atoms with Crippen molar-refractivity contribution in [2.45, 2.75) is 24.4 Å². The Labute approximate surface area is 208 Å². The van der Waals surface area contributed by atoms with E-state index >= 15 is 0 Å². The monoisotopic (exact) mass is 538 g/mol. The maximum atomic E-state index is 13.1. The summed E-state index contributed by atoms with van der Waals surface area (Å²) in [5.41, 5.74) is -4.42. The second kappa shape index (κ2) is 8.65. The fourth-order valence-corrected chi connectivity index (χ4v) is 5.38. The molecule has 1 aliphatic rings. The number of hydrogen-bond donors (Lipinski definition) is 0. The molecule has 16 heteroatoms. The third-order valence-corrected chi connectivity index (χ3v) is 7.59. The van der Waals surface area contributed by atoms with Gasteiger partial charge in [0.2, 0.25) is 0 Å². The van der Waals surface area contributed by atoms with Gasteiger partial charge in [0.1, 0.15) is 17.0 Å². The summed E-state index contributed by atoms with van der Waals surface area (Å²) >= 11 is 0. The van der Waals surface area contributed by atoms with E-state index in [-0.39, 0.29) is 17.3 Å². The first kappa shape index (κ1) is 24.9. The lowest BCUT2D eigenvalue weighted by Crippen LogP contribution is -2.66. The maximum Gasteiger partial charge on any atom is 0.511 e. The van der Waals surface area contributed by atoms with Crippen LogP contribution in [-0.2, 0) is 32.1 Å². The Kier molecular flexibility index (Phi) is 5.82. The van der Waals surface area contributed by atoms with Crippen LogP contribution in [-0.4, -0.2) is 77.8 Å². The first-order valence-corrected chi connectivity index (χ1v) is 12.5. The molecule has 1 aliphatic heterocycles. The summed E-state index contributed by atoms with van der Waals surface area (Å²) in [6.45, 7) is 0.458. The number of alkyl halides is 3. The van der Waals surface area contributed by atoms with Crippen molar-refractivity contribution < 1.29 is 31.1 Å². The van der Waals surface area contributed by atoms with Crippen LogP contribution < -0.4 is 0 Å². The average Bonchev–Trinajstić information content (AvgIpc) is 3.55. The van der Waals surface area contributed by atoms with Gasteiger partial charge >= 0.3 is 21.5 Å². The third-order valence-electron chi connectivity index (χ3n) is 6.07. The number of rotatable bonds is 7. The topological polar surface area (TPSA) is 130 Å². The number of carbonyl (C=O) groups excluding carboxylic acids is 1. The Bertz CT molecular complexity index is 1580. The molecule has 37 heavy (non-hydrogen) atoms. The highest BCUT2D eigenvalue weighted by molar-refractivity contribution is 7.90. The highest BCUT2D eigenvalue weighted by Crippen LogP contribution is 2.40. The molecule has 0 amide bonds. The normalized spacial score (nSPS) is 16.1. The Balaban J connectivity index is 1.53. The van der Waals surface area contributed by atoms with Crippen LogP contribution in [0.25, 0.3) is 28.3 Å². The number of halogens is 3. The van der Waals surface area contributed by atoms with E-state index in [9.17, 15) is 26.4 Å². The zero-order chi connectivity index (χ0) is 26.6. The number of nitrogens with zero attached hydrogens (tertiary/aromatic N) is 8. The first-order chi connectivity index (χ1) is 17.4. The van der Waals surface area contributed by atoms with E-state index in [4.69, 9.17) is 9.72 Å². The number of imidazole rings is 1. The molecular formula is C21H21F3N8O4S. The summed E-state index contributed by atoms with van der Waals surface area (Å²) in [6.07, 6.45) is 9.31. The molecule has 4 aromatic heterocycles. The van der Waals surface area contributed by atoms with E-state index in [0.717, 1.165) is 5.56 Å². The van der Waals surface area contributed by atoms with Gasteiger partial charge in [0.25, 0.3) is 0 Å². The number of hydrogen-bond acceptors (Lipinski definition) is 8. The van der Waals surface area contributed by atoms with Crippen molar-refractivity contribution in [3.05, 3.63) is 43.2 Å². The molecule has 1 saturated heterocycles. The smallest absolute Gasteiger partial charge is 0.466 e. The minimum Gasteiger partial charge on any atom is -0.466 e. The number of sulfonamides is 1. The molecule has 0 unspecified atom stereocenters. The number of fused-ring (bicyclic) bond motifs is 1. The quantitative estimate of drug-likeness (QED) is 0.326. The molecule has 12 nitrogen and oxygen atoms in total. The SMILES string of the molecule is CCOC(=O)CC1(n2cc(-c3nc(-c4cnn(C)c4)cc4nccn34)cn2)CN(S(=O)(=O)C(F)(F)F)C1. The lowest BCUT2D eigenvalue weighted by atomic mass is 9.88. The van der Waals surface area contributed by atoms with Crippen LogP contribution in [0.1, 0.15) is 13.3 Å². The molecule has 0 aliphatic carbocycles. The van der Waals surface area contributed by atoms with Crippen LogP contribution in [0.4, 0.5) is 13.2 Å². The van der Waals surface area contributed by atoms with Crippen molar-refractivity contribution in [3.63, 3.8) is 0 Å². The summed E-state index contributed by atoms with van der Waals surface area (Å²) in [6, 6.07) is 1.78. The number of carbonyl (C=O) groups is 1. The van der Waals surface area contributed by atoms with Crippen LogP contribution in [0, 0.1) is 0 Å². The molecule has 5 rings (SSSR count). The highest BCUT2D eigenvalue weighted by Gasteiger charge is 2.59. The van der Waals surface area contributed by atoms with Gasteiger partial charge in [0, 0.05) is 56.6 Å². The van der Waals surface area contributed by atoms with Crippen LogP contribution in [0.3, 0.4) is 0 Å². The van der Waals surface area contributed by atoms with Crippen molar-refractivity contribution in [1.29, 1.82) is 0 Å². The first-order valence-electron chi connectivity index (χ1n) is 11.0. The Morgan fingerprint density at radius 1 is 1.16 bits per heavy atom. The summed E-state index contributed by atoms with van der Waals surface area (Å²) in [5, 5.41) is 8.45. The van der Waals surface area contributed by atoms with Crippen molar-refractivity contribution in [2.75, 3.05) is 19.7 Å². The molecule has 196 valence electrons. The lowest BCUT2D eigenvalue weighted by molar-refractivity contribution is -0.148. The fraction of sp³-hybridized carbons (Fsp3) is 0.381. The molecule has 0 aromatic carbocycles. The fourth-order valence-electron chi connectivity index (χ4n) is 4.27. The molecule has 0 saturated carbocycles. The maximum absolute atomic E-state index is 13.1. The number of ether oxygens (including phenoxy) is 1. The van der Waals surface area contributed by atoms with Gasteiger partial charge in [-0.2, -0.15) is 27.7 Å². The average molecular weight is 539 g/mol. The van der Waals surface area contributed by atoms with Gasteiger partial charge < -0.3 is 4.74 Å². The Hall–Kier alpha value is -3.79. The van der Waals surface area contributed by atoms with E-state index in [0.29, 0.717) is 22.7 Å². The van der Waals surface area contributed by atoms with Gasteiger partial charge in [0.15, 0.2) is 0 Å². The van der Waals surface area contributed by atoms with Gasteiger partial charge in [-0.15, -0.1) is 0 Å². The van der Waals surface area contributed by atoms with Gasteiger partial charge in [-0.3, -0.25) is 18.6 Å². The molecule has 0 atom stereocenters. The minimum atomic E-state index is -5.56. The summed E-state index contributed by atoms with van der Waals surface area (Å²) in [5.74, 6) is -0.247. The van der Waals surface area contributed by atoms with E-state index in [1.165, 1.54) is 17.1 Å². The zero-order valence-corrected chi connectivity index (χ0v) is 20.4. The lowest BCUT2D eigenvalue weighted by Gasteiger charge is -2.48. The predicted octanol–water partition coefficient (Wildman–Crippen LogP) is 1.81. The van der Waals surface area contributed by atoms with Crippen LogP contribution in [0.5, 0.6) is 0 Å². The van der Waals surface area contributed by atoms with Gasteiger partial charge in [-0.25, -0.2) is 18.4 Å². The molecule has 0 spiro atoms. The van der Waals surface area contributed by atoms with E-state index in [1.54, 1.807) is 53.9 Å². The Morgan fingerprint density at radius 3 is 2.54 bits per heavy atom. The van der Waals surface area contributed by atoms with Crippen molar-refractivity contribution in [1.82, 2.24) is 38.2 Å². The van der Waals surface area contributed by atoms with Crippen LogP contribution in [0.15, 0.2) is 43.2 Å². The van der Waals surface area contributed by atoms with E-state index in [2.05, 4.69) is 15.2 Å². The van der Waals surface area contributed by atoms with Crippen molar-refractivity contribution >= 4 is 21.6 Å². The highest BCUT2D eigenvalue weighted by atomic mass is 32.2. The predicted molar refractivity (Wildman–Crippen MR) is 122 cm³/mol. The molecule has 0 N–H and O–H groups in total. The summed E-state index contributed by atoms with van der Waals surface area (Å²) in [4.78, 5) is 21.4. The van der Waals surface area contributed by atoms with Gasteiger partial charge in [-0.1, -0.05) is 0 Å². The third kappa shape index (κ3) is 4.25. The molecule has 4 aromatic rings. The molecular weight excluding hydrogens is 517 g/mol. The summed E-state index contributed by atoms with van der Waals surface area (Å²) < 4.78 is 73.0. The van der Waals surface area contributed by atoms with Crippen LogP contribution in [0.2, 0.25) is 0 Å². The van der Waals surface area contributed by atoms with Gasteiger partial charge in [0.05, 0.1) is 36.7 Å². The standard InChI is InChI=1S/C21H21F3N8O4S/c1-3-36-18(33)7-20(12-30(13-20)37(34,35)21(22,23)24)32-11-15(9-27-32)19-28-16(14-8-26-29(2)10-14)6-17-25-4-5-31(17)19/h4-6,8-11H,3,7,12-13H2,1-2H3.